The van der Waals surface area contributed by atoms with Crippen LogP contribution < -0.4 is 15.5 Å². The lowest BCUT2D eigenvalue weighted by atomic mass is 9.85. The average Bonchev–Trinajstić information content (AvgIpc) is 2.79. The van der Waals surface area contributed by atoms with E-state index in [1.165, 1.54) is 0 Å². The van der Waals surface area contributed by atoms with Crippen LogP contribution in [-0.2, 0) is 4.79 Å². The maximum atomic E-state index is 12.8. The number of anilines is 2. The van der Waals surface area contributed by atoms with Crippen molar-refractivity contribution in [2.45, 2.75) is 44.7 Å². The third-order valence-electron chi connectivity index (χ3n) is 6.17. The summed E-state index contributed by atoms with van der Waals surface area (Å²) in [6.07, 6.45) is 3.59. The molecule has 1 amide bonds. The van der Waals surface area contributed by atoms with E-state index in [1.54, 1.807) is 0 Å². The Kier molecular flexibility index (Phi) is 6.94. The monoisotopic (exact) mass is 495 g/mol. The van der Waals surface area contributed by atoms with Gasteiger partial charge in [0.2, 0.25) is 11.9 Å². The van der Waals surface area contributed by atoms with Gasteiger partial charge in [0.1, 0.15) is 5.82 Å². The molecule has 0 saturated heterocycles. The number of aromatic nitrogens is 2. The van der Waals surface area contributed by atoms with Crippen LogP contribution in [0.5, 0.6) is 0 Å². The highest BCUT2D eigenvalue weighted by molar-refractivity contribution is 9.10. The van der Waals surface area contributed by atoms with Crippen molar-refractivity contribution < 1.29 is 4.79 Å². The number of nitrogens with one attached hydrogen (secondary N) is 2. The van der Waals surface area contributed by atoms with Gasteiger partial charge in [0.25, 0.3) is 0 Å². The van der Waals surface area contributed by atoms with E-state index < -0.39 is 0 Å². The van der Waals surface area contributed by atoms with Gasteiger partial charge >= 0.3 is 0 Å². The summed E-state index contributed by atoms with van der Waals surface area (Å²) < 4.78 is 1.04. The van der Waals surface area contributed by atoms with E-state index in [4.69, 9.17) is 9.97 Å². The second-order valence-electron chi connectivity index (χ2n) is 8.76. The fraction of sp³-hybridized carbons (Fsp3) is 0.400. The first-order valence-corrected chi connectivity index (χ1v) is 12.0. The minimum atomic E-state index is 0.00176. The molecule has 7 heteroatoms. The number of carbonyl (C=O) groups is 1. The van der Waals surface area contributed by atoms with Gasteiger partial charge in [0.15, 0.2) is 0 Å². The first-order chi connectivity index (χ1) is 15.4. The van der Waals surface area contributed by atoms with Gasteiger partial charge in [-0.1, -0.05) is 40.2 Å². The van der Waals surface area contributed by atoms with Crippen molar-refractivity contribution in [3.05, 3.63) is 58.6 Å². The van der Waals surface area contributed by atoms with Crippen molar-refractivity contribution in [3.8, 4) is 0 Å². The third kappa shape index (κ3) is 5.21. The van der Waals surface area contributed by atoms with Gasteiger partial charge in [-0.2, -0.15) is 4.98 Å². The number of halogens is 1. The lowest BCUT2D eigenvalue weighted by Gasteiger charge is -2.29. The minimum absolute atomic E-state index is 0.00176. The van der Waals surface area contributed by atoms with Gasteiger partial charge in [-0.3, -0.25) is 4.79 Å². The molecule has 1 saturated carbocycles. The van der Waals surface area contributed by atoms with Gasteiger partial charge in [-0.25, -0.2) is 4.98 Å². The van der Waals surface area contributed by atoms with Crippen LogP contribution in [0, 0.1) is 5.92 Å². The molecule has 1 unspecified atom stereocenters. The van der Waals surface area contributed by atoms with E-state index in [1.807, 2.05) is 74.4 Å². The Hall–Kier alpha value is -2.67. The number of hydrogen-bond acceptors (Lipinski definition) is 5. The molecule has 32 heavy (non-hydrogen) atoms. The Morgan fingerprint density at radius 3 is 2.41 bits per heavy atom. The molecule has 0 spiro atoms. The van der Waals surface area contributed by atoms with Crippen molar-refractivity contribution in [3.63, 3.8) is 0 Å². The molecular weight excluding hydrogens is 466 g/mol. The fourth-order valence-corrected chi connectivity index (χ4v) is 4.58. The maximum Gasteiger partial charge on any atom is 0.225 e. The van der Waals surface area contributed by atoms with Crippen LogP contribution in [0.2, 0.25) is 0 Å². The van der Waals surface area contributed by atoms with Crippen molar-refractivity contribution in [2.24, 2.45) is 5.92 Å². The van der Waals surface area contributed by atoms with E-state index in [-0.39, 0.29) is 23.9 Å². The smallest absolute Gasteiger partial charge is 0.225 e. The zero-order valence-electron chi connectivity index (χ0n) is 18.8. The van der Waals surface area contributed by atoms with Gasteiger partial charge < -0.3 is 15.5 Å². The second kappa shape index (κ2) is 9.86. The number of carbonyl (C=O) groups excluding carboxylic acids is 1. The molecule has 0 bridgehead atoms. The highest BCUT2D eigenvalue weighted by Crippen LogP contribution is 2.29. The average molecular weight is 496 g/mol. The lowest BCUT2D eigenvalue weighted by molar-refractivity contribution is -0.126. The summed E-state index contributed by atoms with van der Waals surface area (Å²) in [7, 11) is 4.00. The summed E-state index contributed by atoms with van der Waals surface area (Å²) in [6, 6.07) is 16.4. The summed E-state index contributed by atoms with van der Waals surface area (Å²) in [4.78, 5) is 24.3. The highest BCUT2D eigenvalue weighted by Gasteiger charge is 2.27. The normalized spacial score (nSPS) is 19.4. The molecule has 6 nitrogen and oxygen atoms in total. The van der Waals surface area contributed by atoms with E-state index in [0.717, 1.165) is 52.4 Å². The Balaban J connectivity index is 1.35. The third-order valence-corrected chi connectivity index (χ3v) is 6.70. The minimum Gasteiger partial charge on any atom is -0.362 e. The highest BCUT2D eigenvalue weighted by atomic mass is 79.9. The van der Waals surface area contributed by atoms with E-state index in [2.05, 4.69) is 26.6 Å². The topological polar surface area (TPSA) is 70.2 Å². The summed E-state index contributed by atoms with van der Waals surface area (Å²) in [5.41, 5.74) is 2.05. The fourth-order valence-electron chi connectivity index (χ4n) is 4.31. The zero-order valence-corrected chi connectivity index (χ0v) is 20.4. The Morgan fingerprint density at radius 2 is 1.72 bits per heavy atom. The van der Waals surface area contributed by atoms with Crippen molar-refractivity contribution >= 4 is 44.5 Å². The van der Waals surface area contributed by atoms with Crippen LogP contribution in [0.15, 0.2) is 53.0 Å². The van der Waals surface area contributed by atoms with E-state index in [0.29, 0.717) is 5.95 Å². The molecule has 0 aliphatic heterocycles. The molecule has 2 aromatic carbocycles. The van der Waals surface area contributed by atoms with Gasteiger partial charge in [0.05, 0.1) is 11.6 Å². The molecule has 1 aliphatic carbocycles. The zero-order chi connectivity index (χ0) is 22.7. The summed E-state index contributed by atoms with van der Waals surface area (Å²) >= 11 is 3.46. The van der Waals surface area contributed by atoms with E-state index >= 15 is 0 Å². The molecule has 0 radical (unpaired) electrons. The summed E-state index contributed by atoms with van der Waals surface area (Å²) in [6.45, 7) is 2.04. The molecule has 2 N–H and O–H groups in total. The van der Waals surface area contributed by atoms with Crippen LogP contribution in [0.25, 0.3) is 10.9 Å². The summed E-state index contributed by atoms with van der Waals surface area (Å²) in [5, 5.41) is 7.74. The number of fused-ring (bicyclic) bond motifs is 1. The van der Waals surface area contributed by atoms with Crippen LogP contribution >= 0.6 is 15.9 Å². The second-order valence-corrected chi connectivity index (χ2v) is 9.67. The summed E-state index contributed by atoms with van der Waals surface area (Å²) in [5.74, 6) is 1.77. The first kappa shape index (κ1) is 22.5. The van der Waals surface area contributed by atoms with E-state index in [9.17, 15) is 4.79 Å². The van der Waals surface area contributed by atoms with Gasteiger partial charge in [-0.15, -0.1) is 0 Å². The Bertz CT molecular complexity index is 1080. The molecule has 1 atom stereocenters. The van der Waals surface area contributed by atoms with Crippen LogP contribution in [0.1, 0.15) is 44.2 Å². The number of nitrogens with zero attached hydrogens (tertiary/aromatic N) is 3. The molecule has 1 aliphatic rings. The number of rotatable bonds is 6. The van der Waals surface area contributed by atoms with Crippen LogP contribution in [0.4, 0.5) is 11.8 Å². The standard InChI is InChI=1S/C25H30BrN5O/c1-16(17-8-12-19(26)13-9-17)27-24(32)18-10-14-20(15-11-18)28-25-29-22-7-5-4-6-21(22)23(30-25)31(2)3/h4-9,12-13,16,18,20H,10-11,14-15H2,1-3H3,(H,27,32)(H,28,29,30). The predicted octanol–water partition coefficient (Wildman–Crippen LogP) is 5.31. The molecule has 4 rings (SSSR count). The first-order valence-electron chi connectivity index (χ1n) is 11.2. The lowest BCUT2D eigenvalue weighted by Crippen LogP contribution is -2.37. The predicted molar refractivity (Wildman–Crippen MR) is 134 cm³/mol. The Morgan fingerprint density at radius 1 is 1.03 bits per heavy atom. The van der Waals surface area contributed by atoms with Gasteiger partial charge in [-0.05, 0) is 62.4 Å². The number of benzene rings is 2. The number of para-hydroxylation sites is 1. The number of hydrogen-bond donors (Lipinski definition) is 2. The van der Waals surface area contributed by atoms with Crippen LogP contribution in [-0.4, -0.2) is 36.0 Å². The van der Waals surface area contributed by atoms with Crippen molar-refractivity contribution in [1.82, 2.24) is 15.3 Å². The molecule has 3 aromatic rings. The number of amides is 1. The molecule has 1 heterocycles. The molecular formula is C25H30BrN5O. The molecule has 1 fully saturated rings. The van der Waals surface area contributed by atoms with Crippen LogP contribution in [0.3, 0.4) is 0 Å². The maximum absolute atomic E-state index is 12.8. The molecule has 168 valence electrons. The van der Waals surface area contributed by atoms with Crippen molar-refractivity contribution in [1.29, 1.82) is 0 Å². The largest absolute Gasteiger partial charge is 0.362 e. The molecule has 1 aromatic heterocycles. The SMILES string of the molecule is CC(NC(=O)C1CCC(Nc2nc(N(C)C)c3ccccc3n2)CC1)c1ccc(Br)cc1. The quantitative estimate of drug-likeness (QED) is 0.484. The van der Waals surface area contributed by atoms with Crippen molar-refractivity contribution in [2.75, 3.05) is 24.3 Å². The van der Waals surface area contributed by atoms with Gasteiger partial charge in [0, 0.05) is 35.9 Å². The Labute approximate surface area is 198 Å².